The van der Waals surface area contributed by atoms with Gasteiger partial charge in [0.25, 0.3) is 5.91 Å². The quantitative estimate of drug-likeness (QED) is 0.789. The average Bonchev–Trinajstić information content (AvgIpc) is 2.96. The van der Waals surface area contributed by atoms with E-state index in [4.69, 9.17) is 5.73 Å². The van der Waals surface area contributed by atoms with E-state index in [1.54, 1.807) is 25.4 Å². The van der Waals surface area contributed by atoms with Gasteiger partial charge in [-0.3, -0.25) is 9.59 Å². The molecule has 0 spiro atoms. The molecule has 0 saturated carbocycles. The SMILES string of the molecule is CNC(=O)CN(C)C(=O)c1ccn(-c2ccccc2N)n1. The lowest BCUT2D eigenvalue weighted by Crippen LogP contribution is -2.37. The lowest BCUT2D eigenvalue weighted by atomic mass is 10.3. The molecule has 7 nitrogen and oxygen atoms in total. The number of anilines is 1. The molecule has 3 N–H and O–H groups in total. The van der Waals surface area contributed by atoms with Gasteiger partial charge >= 0.3 is 0 Å². The zero-order chi connectivity index (χ0) is 15.4. The van der Waals surface area contributed by atoms with Crippen molar-refractivity contribution in [3.05, 3.63) is 42.2 Å². The van der Waals surface area contributed by atoms with E-state index in [2.05, 4.69) is 10.4 Å². The summed E-state index contributed by atoms with van der Waals surface area (Å²) in [5.41, 5.74) is 7.39. The molecule has 1 aromatic heterocycles. The van der Waals surface area contributed by atoms with Gasteiger partial charge in [-0.05, 0) is 18.2 Å². The standard InChI is InChI=1S/C14H17N5O2/c1-16-13(20)9-18(2)14(21)11-7-8-19(17-11)12-6-4-3-5-10(12)15/h3-8H,9,15H2,1-2H3,(H,16,20). The zero-order valence-corrected chi connectivity index (χ0v) is 11.9. The summed E-state index contributed by atoms with van der Waals surface area (Å²) in [5, 5.41) is 6.67. The maximum atomic E-state index is 12.2. The maximum absolute atomic E-state index is 12.2. The number of para-hydroxylation sites is 2. The molecule has 1 aromatic carbocycles. The summed E-state index contributed by atoms with van der Waals surface area (Å²) in [6.45, 7) is -0.0182. The molecule has 0 fully saturated rings. The highest BCUT2D eigenvalue weighted by atomic mass is 16.2. The van der Waals surface area contributed by atoms with Crippen LogP contribution >= 0.6 is 0 Å². The molecule has 21 heavy (non-hydrogen) atoms. The van der Waals surface area contributed by atoms with Gasteiger partial charge in [0.15, 0.2) is 5.69 Å². The number of nitrogen functional groups attached to an aromatic ring is 1. The van der Waals surface area contributed by atoms with Gasteiger partial charge < -0.3 is 16.0 Å². The van der Waals surface area contributed by atoms with Crippen LogP contribution in [0.3, 0.4) is 0 Å². The van der Waals surface area contributed by atoms with Crippen LogP contribution in [-0.4, -0.2) is 47.1 Å². The van der Waals surface area contributed by atoms with Crippen molar-refractivity contribution in [3.63, 3.8) is 0 Å². The molecule has 2 aromatic rings. The Morgan fingerprint density at radius 1 is 1.33 bits per heavy atom. The topological polar surface area (TPSA) is 93.2 Å². The highest BCUT2D eigenvalue weighted by Gasteiger charge is 2.17. The van der Waals surface area contributed by atoms with Gasteiger partial charge in [0.2, 0.25) is 5.91 Å². The Morgan fingerprint density at radius 2 is 2.05 bits per heavy atom. The van der Waals surface area contributed by atoms with Crippen LogP contribution in [0.2, 0.25) is 0 Å². The fourth-order valence-corrected chi connectivity index (χ4v) is 1.83. The average molecular weight is 287 g/mol. The van der Waals surface area contributed by atoms with E-state index in [1.165, 1.54) is 16.6 Å². The predicted molar refractivity (Wildman–Crippen MR) is 79.0 cm³/mol. The maximum Gasteiger partial charge on any atom is 0.274 e. The minimum absolute atomic E-state index is 0.0182. The lowest BCUT2D eigenvalue weighted by molar-refractivity contribution is -0.121. The van der Waals surface area contributed by atoms with Crippen molar-refractivity contribution in [2.45, 2.75) is 0 Å². The summed E-state index contributed by atoms with van der Waals surface area (Å²) < 4.78 is 1.54. The van der Waals surface area contributed by atoms with Gasteiger partial charge in [-0.1, -0.05) is 12.1 Å². The first kappa shape index (κ1) is 14.6. The number of carbonyl (C=O) groups is 2. The van der Waals surface area contributed by atoms with E-state index in [0.29, 0.717) is 11.4 Å². The van der Waals surface area contributed by atoms with Crippen molar-refractivity contribution in [3.8, 4) is 5.69 Å². The van der Waals surface area contributed by atoms with Gasteiger partial charge in [0.1, 0.15) is 0 Å². The second-order valence-corrected chi connectivity index (χ2v) is 4.54. The highest BCUT2D eigenvalue weighted by Crippen LogP contribution is 2.15. The largest absolute Gasteiger partial charge is 0.397 e. The summed E-state index contributed by atoms with van der Waals surface area (Å²) >= 11 is 0. The third-order valence-corrected chi connectivity index (χ3v) is 3.00. The van der Waals surface area contributed by atoms with Crippen LogP contribution < -0.4 is 11.1 Å². The molecule has 0 aliphatic rings. The van der Waals surface area contributed by atoms with Gasteiger partial charge in [-0.25, -0.2) is 4.68 Å². The van der Waals surface area contributed by atoms with Crippen LogP contribution in [0.25, 0.3) is 5.69 Å². The first-order valence-electron chi connectivity index (χ1n) is 6.39. The number of nitrogens with two attached hydrogens (primary N) is 1. The molecule has 0 radical (unpaired) electrons. The van der Waals surface area contributed by atoms with Crippen LogP contribution in [-0.2, 0) is 4.79 Å². The molecule has 1 heterocycles. The number of nitrogens with one attached hydrogen (secondary N) is 1. The molecule has 0 unspecified atom stereocenters. The summed E-state index contributed by atoms with van der Waals surface area (Å²) in [6, 6.07) is 8.83. The van der Waals surface area contributed by atoms with Crippen molar-refractivity contribution in [1.29, 1.82) is 0 Å². The molecule has 2 rings (SSSR count). The number of likely N-dealkylation sites (N-methyl/N-ethyl adjacent to an activating group) is 2. The molecule has 0 atom stereocenters. The lowest BCUT2D eigenvalue weighted by Gasteiger charge is -2.14. The monoisotopic (exact) mass is 287 g/mol. The molecule has 110 valence electrons. The minimum atomic E-state index is -0.327. The minimum Gasteiger partial charge on any atom is -0.397 e. The van der Waals surface area contributed by atoms with E-state index in [-0.39, 0.29) is 24.1 Å². The summed E-state index contributed by atoms with van der Waals surface area (Å²) in [5.74, 6) is -0.565. The highest BCUT2D eigenvalue weighted by molar-refractivity contribution is 5.94. The molecular weight excluding hydrogens is 270 g/mol. The van der Waals surface area contributed by atoms with Crippen LogP contribution in [0.15, 0.2) is 36.5 Å². The number of carbonyl (C=O) groups excluding carboxylic acids is 2. The van der Waals surface area contributed by atoms with Crippen LogP contribution in [0.4, 0.5) is 5.69 Å². The Morgan fingerprint density at radius 3 is 2.71 bits per heavy atom. The van der Waals surface area contributed by atoms with Gasteiger partial charge in [0, 0.05) is 20.3 Å². The molecule has 0 aliphatic heterocycles. The number of nitrogens with zero attached hydrogens (tertiary/aromatic N) is 3. The molecule has 2 amide bonds. The second-order valence-electron chi connectivity index (χ2n) is 4.54. The van der Waals surface area contributed by atoms with Gasteiger partial charge in [-0.2, -0.15) is 5.10 Å². The Bertz CT molecular complexity index is 665. The molecular formula is C14H17N5O2. The predicted octanol–water partition coefficient (Wildman–Crippen LogP) is 0.272. The number of rotatable bonds is 4. The summed E-state index contributed by atoms with van der Waals surface area (Å²) in [7, 11) is 3.07. The first-order chi connectivity index (χ1) is 10.0. The third kappa shape index (κ3) is 3.19. The van der Waals surface area contributed by atoms with Crippen LogP contribution in [0, 0.1) is 0 Å². The van der Waals surface area contributed by atoms with Crippen LogP contribution in [0.5, 0.6) is 0 Å². The van der Waals surface area contributed by atoms with Gasteiger partial charge in [-0.15, -0.1) is 0 Å². The molecule has 0 bridgehead atoms. The number of benzene rings is 1. The Hall–Kier alpha value is -2.83. The van der Waals surface area contributed by atoms with Crippen molar-refractivity contribution < 1.29 is 9.59 Å². The van der Waals surface area contributed by atoms with E-state index in [0.717, 1.165) is 0 Å². The number of hydrogen-bond donors (Lipinski definition) is 2. The zero-order valence-electron chi connectivity index (χ0n) is 11.9. The smallest absolute Gasteiger partial charge is 0.274 e. The molecule has 0 saturated heterocycles. The van der Waals surface area contributed by atoms with Gasteiger partial charge in [0.05, 0.1) is 17.9 Å². The van der Waals surface area contributed by atoms with Crippen molar-refractivity contribution >= 4 is 17.5 Å². The number of amides is 2. The molecule has 7 heteroatoms. The van der Waals surface area contributed by atoms with E-state index < -0.39 is 0 Å². The Kier molecular flexibility index (Phi) is 4.22. The normalized spacial score (nSPS) is 10.2. The fourth-order valence-electron chi connectivity index (χ4n) is 1.83. The van der Waals surface area contributed by atoms with E-state index >= 15 is 0 Å². The van der Waals surface area contributed by atoms with Crippen molar-refractivity contribution in [2.24, 2.45) is 0 Å². The van der Waals surface area contributed by atoms with E-state index in [9.17, 15) is 9.59 Å². The van der Waals surface area contributed by atoms with E-state index in [1.807, 2.05) is 18.2 Å². The molecule has 0 aliphatic carbocycles. The third-order valence-electron chi connectivity index (χ3n) is 3.00. The Labute approximate surface area is 122 Å². The van der Waals surface area contributed by atoms with Crippen molar-refractivity contribution in [1.82, 2.24) is 20.0 Å². The number of hydrogen-bond acceptors (Lipinski definition) is 4. The second kappa shape index (κ2) is 6.08. The summed E-state index contributed by atoms with van der Waals surface area (Å²) in [6.07, 6.45) is 1.66. The fraction of sp³-hybridized carbons (Fsp3) is 0.214. The van der Waals surface area contributed by atoms with Crippen LogP contribution in [0.1, 0.15) is 10.5 Å². The van der Waals surface area contributed by atoms with Crippen molar-refractivity contribution in [2.75, 3.05) is 26.4 Å². The first-order valence-corrected chi connectivity index (χ1v) is 6.39. The number of aromatic nitrogens is 2. The Balaban J connectivity index is 2.18. The summed E-state index contributed by atoms with van der Waals surface area (Å²) in [4.78, 5) is 24.8.